The lowest BCUT2D eigenvalue weighted by Crippen LogP contribution is -2.44. The maximum Gasteiger partial charge on any atom is 0.344 e. The number of aliphatic hydroxyl groups excluding tert-OH is 1. The molecule has 1 aliphatic rings. The number of H-pyrrole nitrogens is 1. The molecule has 2 rings (SSSR count). The Morgan fingerprint density at radius 1 is 1.28 bits per heavy atom. The Bertz CT molecular complexity index is 925. The number of allylic oxidation sites excluding steroid dienone is 1. The van der Waals surface area contributed by atoms with Crippen LogP contribution in [0, 0.1) is 23.2 Å². The lowest BCUT2D eigenvalue weighted by atomic mass is 9.79. The number of esters is 1. The van der Waals surface area contributed by atoms with Crippen LogP contribution in [0.25, 0.3) is 0 Å². The van der Waals surface area contributed by atoms with E-state index in [1.807, 2.05) is 41.5 Å². The van der Waals surface area contributed by atoms with Crippen LogP contribution in [0.15, 0.2) is 28.7 Å². The summed E-state index contributed by atoms with van der Waals surface area (Å²) in [6.07, 6.45) is 1.73. The van der Waals surface area contributed by atoms with E-state index in [2.05, 4.69) is 18.0 Å². The van der Waals surface area contributed by atoms with Crippen LogP contribution in [0.4, 0.5) is 0 Å². The average molecular weight is 448 g/mol. The zero-order chi connectivity index (χ0) is 24.4. The molecule has 0 amide bonds. The summed E-state index contributed by atoms with van der Waals surface area (Å²) < 4.78 is 11.2. The van der Waals surface area contributed by atoms with Gasteiger partial charge < -0.3 is 19.6 Å². The van der Waals surface area contributed by atoms with Crippen LogP contribution in [0.3, 0.4) is 0 Å². The number of ether oxygens (including phenoxy) is 2. The molecular formula is C25H37NO6. The number of cyclic esters (lactones) is 1. The van der Waals surface area contributed by atoms with Crippen LogP contribution in [0.1, 0.15) is 77.0 Å². The highest BCUT2D eigenvalue weighted by Crippen LogP contribution is 2.34. The van der Waals surface area contributed by atoms with Crippen molar-refractivity contribution in [3.05, 3.63) is 45.4 Å². The fraction of sp³-hybridized carbons (Fsp3) is 0.640. The molecule has 7 nitrogen and oxygen atoms in total. The second-order valence-electron chi connectivity index (χ2n) is 10.1. The normalized spacial score (nSPS) is 23.0. The Morgan fingerprint density at radius 2 is 1.91 bits per heavy atom. The number of hydrogen-bond acceptors (Lipinski definition) is 6. The highest BCUT2D eigenvalue weighted by atomic mass is 16.6. The molecule has 0 fully saturated rings. The van der Waals surface area contributed by atoms with Crippen molar-refractivity contribution in [1.82, 2.24) is 4.98 Å². The second kappa shape index (κ2) is 10.1. The van der Waals surface area contributed by atoms with E-state index in [0.717, 1.165) is 5.57 Å². The number of ketones is 1. The van der Waals surface area contributed by atoms with E-state index < -0.39 is 29.7 Å². The van der Waals surface area contributed by atoms with Gasteiger partial charge in [-0.3, -0.25) is 9.59 Å². The van der Waals surface area contributed by atoms with Gasteiger partial charge in [0.15, 0.2) is 5.43 Å². The van der Waals surface area contributed by atoms with E-state index in [1.54, 1.807) is 7.11 Å². The first-order valence-corrected chi connectivity index (χ1v) is 11.2. The second-order valence-corrected chi connectivity index (χ2v) is 10.1. The van der Waals surface area contributed by atoms with E-state index in [1.165, 1.54) is 12.3 Å². The Hall–Kier alpha value is -2.25. The zero-order valence-corrected chi connectivity index (χ0v) is 20.4. The van der Waals surface area contributed by atoms with E-state index in [0.29, 0.717) is 6.42 Å². The minimum Gasteiger partial charge on any atom is -0.455 e. The molecule has 0 saturated carbocycles. The van der Waals surface area contributed by atoms with Gasteiger partial charge in [0.1, 0.15) is 23.6 Å². The van der Waals surface area contributed by atoms with Gasteiger partial charge in [-0.15, -0.1) is 0 Å². The number of fused-ring (bicyclic) bond motifs is 1. The SMILES string of the molecule is CO[C@@H](/C(C)=C/[C@@H](C)C[C@@H](C)C(=O)C(C)(C)C)[C@H](C)[C@H]1OC(=O)c2c([nH]ccc2=O)[C@@H]1O. The molecule has 178 valence electrons. The lowest BCUT2D eigenvalue weighted by Gasteiger charge is -2.36. The number of carbonyl (C=O) groups excluding carboxylic acids is 2. The van der Waals surface area contributed by atoms with E-state index in [4.69, 9.17) is 9.47 Å². The largest absolute Gasteiger partial charge is 0.455 e. The molecule has 0 spiro atoms. The van der Waals surface area contributed by atoms with Gasteiger partial charge in [0, 0.05) is 36.6 Å². The summed E-state index contributed by atoms with van der Waals surface area (Å²) in [5, 5.41) is 10.8. The van der Waals surface area contributed by atoms with Crippen molar-refractivity contribution in [2.45, 2.75) is 73.2 Å². The number of nitrogens with one attached hydrogen (secondary N) is 1. The third-order valence-corrected chi connectivity index (χ3v) is 6.20. The van der Waals surface area contributed by atoms with Gasteiger partial charge in [-0.05, 0) is 24.8 Å². The summed E-state index contributed by atoms with van der Waals surface area (Å²) >= 11 is 0. The number of aromatic nitrogens is 1. The van der Waals surface area contributed by atoms with Crippen molar-refractivity contribution in [2.75, 3.05) is 7.11 Å². The highest BCUT2D eigenvalue weighted by Gasteiger charge is 2.42. The van der Waals surface area contributed by atoms with Gasteiger partial charge in [0.25, 0.3) is 0 Å². The van der Waals surface area contributed by atoms with E-state index in [-0.39, 0.29) is 40.2 Å². The van der Waals surface area contributed by atoms with Crippen molar-refractivity contribution in [3.8, 4) is 0 Å². The molecule has 1 aromatic rings. The smallest absolute Gasteiger partial charge is 0.344 e. The first kappa shape index (κ1) is 26.0. The summed E-state index contributed by atoms with van der Waals surface area (Å²) in [5.74, 6) is -0.827. The number of hydrogen-bond donors (Lipinski definition) is 2. The van der Waals surface area contributed by atoms with Crippen molar-refractivity contribution in [1.29, 1.82) is 0 Å². The molecule has 6 atom stereocenters. The summed E-state index contributed by atoms with van der Waals surface area (Å²) in [5.41, 5.74) is 0.0834. The van der Waals surface area contributed by atoms with Crippen LogP contribution in [-0.4, -0.2) is 41.2 Å². The molecular weight excluding hydrogens is 410 g/mol. The molecule has 2 heterocycles. The van der Waals surface area contributed by atoms with Crippen molar-refractivity contribution in [2.24, 2.45) is 23.2 Å². The number of pyridine rings is 1. The summed E-state index contributed by atoms with van der Waals surface area (Å²) in [6.45, 7) is 13.6. The number of methoxy groups -OCH3 is 1. The fourth-order valence-corrected chi connectivity index (χ4v) is 4.75. The first-order chi connectivity index (χ1) is 14.8. The third kappa shape index (κ3) is 5.56. The van der Waals surface area contributed by atoms with Crippen molar-refractivity contribution < 1.29 is 24.2 Å². The number of carbonyl (C=O) groups is 2. The van der Waals surface area contributed by atoms with Crippen LogP contribution in [0.2, 0.25) is 0 Å². The quantitative estimate of drug-likeness (QED) is 0.464. The Kier molecular flexibility index (Phi) is 8.23. The molecule has 1 aromatic heterocycles. The van der Waals surface area contributed by atoms with Crippen molar-refractivity contribution >= 4 is 11.8 Å². The number of Topliss-reactive ketones (excluding diaryl/α,β-unsaturated/α-hetero) is 1. The van der Waals surface area contributed by atoms with Gasteiger partial charge in [0.2, 0.25) is 0 Å². The van der Waals surface area contributed by atoms with Gasteiger partial charge in [-0.1, -0.05) is 47.6 Å². The molecule has 32 heavy (non-hydrogen) atoms. The molecule has 1 aliphatic heterocycles. The summed E-state index contributed by atoms with van der Waals surface area (Å²) in [6, 6.07) is 1.23. The molecule has 7 heteroatoms. The number of aliphatic hydroxyl groups is 1. The minimum absolute atomic E-state index is 0.0677. The average Bonchev–Trinajstić information content (AvgIpc) is 2.69. The van der Waals surface area contributed by atoms with Crippen molar-refractivity contribution in [3.63, 3.8) is 0 Å². The Labute approximate surface area is 190 Å². The van der Waals surface area contributed by atoms with Gasteiger partial charge in [0.05, 0.1) is 11.8 Å². The Balaban J connectivity index is 2.19. The summed E-state index contributed by atoms with van der Waals surface area (Å²) in [4.78, 5) is 39.8. The van der Waals surface area contributed by atoms with Gasteiger partial charge in [-0.25, -0.2) is 4.79 Å². The van der Waals surface area contributed by atoms with Crippen LogP contribution in [-0.2, 0) is 14.3 Å². The summed E-state index contributed by atoms with van der Waals surface area (Å²) in [7, 11) is 1.57. The van der Waals surface area contributed by atoms with E-state index >= 15 is 0 Å². The minimum atomic E-state index is -1.17. The molecule has 2 N–H and O–H groups in total. The predicted molar refractivity (Wildman–Crippen MR) is 122 cm³/mol. The fourth-order valence-electron chi connectivity index (χ4n) is 4.75. The third-order valence-electron chi connectivity index (χ3n) is 6.20. The molecule has 0 aromatic carbocycles. The van der Waals surface area contributed by atoms with Crippen LogP contribution >= 0.6 is 0 Å². The number of aromatic amines is 1. The predicted octanol–water partition coefficient (Wildman–Crippen LogP) is 3.82. The number of rotatable bonds is 8. The molecule has 0 aliphatic carbocycles. The molecule has 0 saturated heterocycles. The maximum absolute atomic E-state index is 12.5. The Morgan fingerprint density at radius 3 is 2.47 bits per heavy atom. The first-order valence-electron chi connectivity index (χ1n) is 11.2. The standard InChI is InChI=1S/C25H37NO6/c1-13(12-15(3)23(29)25(5,6)7)11-14(2)21(31-8)16(4)22-20(28)19-18(24(30)32-22)17(27)9-10-26-19/h9-11,13,15-16,20-22,28H,12H2,1-8H3,(H,26,27)/b14-11+/t13-,15-,16+,20+,21+,22-/m1/s1. The van der Waals surface area contributed by atoms with E-state index in [9.17, 15) is 19.5 Å². The molecule has 0 bridgehead atoms. The zero-order valence-electron chi connectivity index (χ0n) is 20.4. The molecule has 0 radical (unpaired) electrons. The highest BCUT2D eigenvalue weighted by molar-refractivity contribution is 5.91. The monoisotopic (exact) mass is 447 g/mol. The topological polar surface area (TPSA) is 106 Å². The lowest BCUT2D eigenvalue weighted by molar-refractivity contribution is -0.130. The maximum atomic E-state index is 12.5. The van der Waals surface area contributed by atoms with Gasteiger partial charge >= 0.3 is 5.97 Å². The van der Waals surface area contributed by atoms with Crippen LogP contribution < -0.4 is 5.43 Å². The van der Waals surface area contributed by atoms with Gasteiger partial charge in [-0.2, -0.15) is 0 Å². The van der Waals surface area contributed by atoms with Crippen LogP contribution in [0.5, 0.6) is 0 Å². The molecule has 0 unspecified atom stereocenters.